The van der Waals surface area contributed by atoms with Gasteiger partial charge in [0.2, 0.25) is 5.91 Å². The van der Waals surface area contributed by atoms with Crippen molar-refractivity contribution in [2.24, 2.45) is 5.92 Å². The molecule has 0 N–H and O–H groups in total. The summed E-state index contributed by atoms with van der Waals surface area (Å²) in [5.74, 6) is -2.30. The number of benzene rings is 4. The van der Waals surface area contributed by atoms with Crippen LogP contribution in [0.5, 0.6) is 11.5 Å². The smallest absolute Gasteiger partial charge is 0.343 e. The van der Waals surface area contributed by atoms with Crippen molar-refractivity contribution < 1.29 is 33.6 Å². The standard InChI is InChI=1S/C31H22BrN3O8/c1-41-25-16-19(10-15-24(25)42-31(38)18-6-3-2-4-7-18)27-26-28(43-34(27)22-8-5-9-23(17-22)35(39)40)30(37)33(29(26)36)21-13-11-20(32)12-14-21/h2-17,26-28H,1H3/t26-,27+,28-/m0/s1. The lowest BCUT2D eigenvalue weighted by atomic mass is 9.90. The van der Waals surface area contributed by atoms with Crippen LogP contribution in [0.25, 0.3) is 0 Å². The van der Waals surface area contributed by atoms with Crippen molar-refractivity contribution >= 4 is 50.8 Å². The van der Waals surface area contributed by atoms with Crippen LogP contribution in [0.15, 0.2) is 102 Å². The number of carbonyl (C=O) groups is 3. The molecule has 4 aromatic rings. The van der Waals surface area contributed by atoms with E-state index in [1.54, 1.807) is 72.8 Å². The molecule has 3 atom stereocenters. The van der Waals surface area contributed by atoms with Gasteiger partial charge in [0, 0.05) is 16.6 Å². The highest BCUT2D eigenvalue weighted by Crippen LogP contribution is 2.49. The third-order valence-electron chi connectivity index (χ3n) is 7.24. The number of hydrogen-bond donors (Lipinski definition) is 0. The molecule has 0 unspecified atom stereocenters. The van der Waals surface area contributed by atoms with E-state index in [1.165, 1.54) is 36.4 Å². The molecule has 2 fully saturated rings. The average Bonchev–Trinajstić information content (AvgIpc) is 3.53. The van der Waals surface area contributed by atoms with Gasteiger partial charge in [-0.25, -0.2) is 14.8 Å². The predicted molar refractivity (Wildman–Crippen MR) is 158 cm³/mol. The number of amides is 2. The number of nitro benzene ring substituents is 1. The summed E-state index contributed by atoms with van der Waals surface area (Å²) in [6.07, 6.45) is -1.19. The molecule has 0 saturated carbocycles. The van der Waals surface area contributed by atoms with E-state index < -0.39 is 40.8 Å². The average molecular weight is 644 g/mol. The van der Waals surface area contributed by atoms with E-state index in [4.69, 9.17) is 14.3 Å². The Bertz CT molecular complexity index is 1750. The number of hydrogen-bond acceptors (Lipinski definition) is 9. The first kappa shape index (κ1) is 28.1. The Balaban J connectivity index is 1.40. The zero-order valence-corrected chi connectivity index (χ0v) is 24.0. The summed E-state index contributed by atoms with van der Waals surface area (Å²) in [7, 11) is 1.41. The minimum absolute atomic E-state index is 0.141. The molecule has 6 rings (SSSR count). The number of nitro groups is 1. The Labute approximate surface area is 253 Å². The number of fused-ring (bicyclic) bond motifs is 1. The molecule has 2 saturated heterocycles. The van der Waals surface area contributed by atoms with Crippen LogP contribution in [0.1, 0.15) is 22.0 Å². The third kappa shape index (κ3) is 5.11. The first-order valence-electron chi connectivity index (χ1n) is 13.1. The molecule has 12 heteroatoms. The fourth-order valence-corrected chi connectivity index (χ4v) is 5.52. The maximum Gasteiger partial charge on any atom is 0.343 e. The number of nitrogens with zero attached hydrogens (tertiary/aromatic N) is 3. The van der Waals surface area contributed by atoms with Crippen molar-refractivity contribution in [3.05, 3.63) is 123 Å². The summed E-state index contributed by atoms with van der Waals surface area (Å²) in [5, 5.41) is 12.9. The van der Waals surface area contributed by atoms with Crippen molar-refractivity contribution in [1.82, 2.24) is 0 Å². The summed E-state index contributed by atoms with van der Waals surface area (Å²) >= 11 is 3.36. The molecule has 2 aliphatic rings. The lowest BCUT2D eigenvalue weighted by Gasteiger charge is -2.29. The van der Waals surface area contributed by atoms with E-state index >= 15 is 0 Å². The lowest BCUT2D eigenvalue weighted by molar-refractivity contribution is -0.384. The van der Waals surface area contributed by atoms with Crippen LogP contribution in [0, 0.1) is 16.0 Å². The number of halogens is 1. The van der Waals surface area contributed by atoms with Crippen molar-refractivity contribution in [3.8, 4) is 11.5 Å². The number of ether oxygens (including phenoxy) is 2. The maximum absolute atomic E-state index is 13.9. The minimum Gasteiger partial charge on any atom is -0.493 e. The molecule has 216 valence electrons. The number of hydroxylamine groups is 1. The van der Waals surface area contributed by atoms with Gasteiger partial charge in [-0.15, -0.1) is 0 Å². The van der Waals surface area contributed by atoms with Crippen LogP contribution in [0.3, 0.4) is 0 Å². The number of esters is 1. The first-order valence-corrected chi connectivity index (χ1v) is 13.8. The van der Waals surface area contributed by atoms with Gasteiger partial charge in [-0.3, -0.25) is 24.5 Å². The van der Waals surface area contributed by atoms with E-state index in [0.29, 0.717) is 16.8 Å². The van der Waals surface area contributed by atoms with Gasteiger partial charge in [0.15, 0.2) is 17.6 Å². The van der Waals surface area contributed by atoms with Crippen LogP contribution >= 0.6 is 15.9 Å². The molecule has 2 aliphatic heterocycles. The van der Waals surface area contributed by atoms with Crippen molar-refractivity contribution in [2.45, 2.75) is 12.1 Å². The first-order chi connectivity index (χ1) is 20.8. The monoisotopic (exact) mass is 643 g/mol. The lowest BCUT2D eigenvalue weighted by Crippen LogP contribution is -2.37. The predicted octanol–water partition coefficient (Wildman–Crippen LogP) is 5.64. The summed E-state index contributed by atoms with van der Waals surface area (Å²) in [6.45, 7) is 0. The van der Waals surface area contributed by atoms with Crippen LogP contribution in [0.2, 0.25) is 0 Å². The molecule has 4 aromatic carbocycles. The van der Waals surface area contributed by atoms with Gasteiger partial charge in [0.25, 0.3) is 11.6 Å². The van der Waals surface area contributed by atoms with Crippen LogP contribution < -0.4 is 19.4 Å². The SMILES string of the molecule is COc1cc([C@@H]2[C@@H]3C(=O)N(c4ccc(Br)cc4)C(=O)[C@H]3ON2c2cccc([N+](=O)[O-])c2)ccc1OC(=O)c1ccccc1. The Morgan fingerprint density at radius 1 is 0.884 bits per heavy atom. The molecule has 0 aliphatic carbocycles. The second-order valence-electron chi connectivity index (χ2n) is 9.75. The number of non-ortho nitro benzene ring substituents is 1. The second-order valence-corrected chi connectivity index (χ2v) is 10.7. The number of carbonyl (C=O) groups excluding carboxylic acids is 3. The molecule has 2 heterocycles. The number of rotatable bonds is 7. The van der Waals surface area contributed by atoms with Gasteiger partial charge in [0.1, 0.15) is 5.92 Å². The van der Waals surface area contributed by atoms with Crippen LogP contribution in [-0.4, -0.2) is 35.9 Å². The van der Waals surface area contributed by atoms with E-state index in [-0.39, 0.29) is 22.9 Å². The van der Waals surface area contributed by atoms with E-state index in [1.807, 2.05) is 0 Å². The largest absolute Gasteiger partial charge is 0.493 e. The van der Waals surface area contributed by atoms with Gasteiger partial charge >= 0.3 is 5.97 Å². The fraction of sp³-hybridized carbons (Fsp3) is 0.129. The highest BCUT2D eigenvalue weighted by molar-refractivity contribution is 9.10. The van der Waals surface area contributed by atoms with Crippen LogP contribution in [0.4, 0.5) is 17.1 Å². The summed E-state index contributed by atoms with van der Waals surface area (Å²) in [5.41, 5.74) is 1.32. The van der Waals surface area contributed by atoms with Crippen molar-refractivity contribution in [3.63, 3.8) is 0 Å². The normalized spacial score (nSPS) is 19.3. The molecular weight excluding hydrogens is 622 g/mol. The maximum atomic E-state index is 13.9. The van der Waals surface area contributed by atoms with Gasteiger partial charge in [-0.05, 0) is 60.2 Å². The zero-order chi connectivity index (χ0) is 30.2. The van der Waals surface area contributed by atoms with Crippen molar-refractivity contribution in [1.29, 1.82) is 0 Å². The summed E-state index contributed by atoms with van der Waals surface area (Å²) in [6, 6.07) is 24.8. The summed E-state index contributed by atoms with van der Waals surface area (Å²) < 4.78 is 11.9. The molecule has 0 radical (unpaired) electrons. The highest BCUT2D eigenvalue weighted by Gasteiger charge is 2.60. The number of imide groups is 1. The molecule has 0 bridgehead atoms. The van der Waals surface area contributed by atoms with Gasteiger partial charge in [0.05, 0.1) is 35.0 Å². The molecule has 11 nitrogen and oxygen atoms in total. The van der Waals surface area contributed by atoms with E-state index in [9.17, 15) is 24.5 Å². The highest BCUT2D eigenvalue weighted by atomic mass is 79.9. The third-order valence-corrected chi connectivity index (χ3v) is 7.77. The molecule has 0 spiro atoms. The Hall–Kier alpha value is -5.07. The topological polar surface area (TPSA) is 129 Å². The molecule has 2 amide bonds. The van der Waals surface area contributed by atoms with Gasteiger partial charge in [-0.1, -0.05) is 46.3 Å². The Morgan fingerprint density at radius 2 is 1.63 bits per heavy atom. The van der Waals surface area contributed by atoms with Crippen molar-refractivity contribution in [2.75, 3.05) is 17.1 Å². The Kier molecular flexibility index (Phi) is 7.38. The molecular formula is C31H22BrN3O8. The number of methoxy groups -OCH3 is 1. The number of anilines is 2. The van der Waals surface area contributed by atoms with E-state index in [0.717, 1.165) is 9.37 Å². The Morgan fingerprint density at radius 3 is 2.33 bits per heavy atom. The molecule has 43 heavy (non-hydrogen) atoms. The van der Waals surface area contributed by atoms with Gasteiger partial charge in [-0.2, -0.15) is 0 Å². The zero-order valence-electron chi connectivity index (χ0n) is 22.5. The second kappa shape index (κ2) is 11.3. The van der Waals surface area contributed by atoms with E-state index in [2.05, 4.69) is 15.9 Å². The quantitative estimate of drug-likeness (QED) is 0.0826. The van der Waals surface area contributed by atoms with Crippen LogP contribution in [-0.2, 0) is 14.4 Å². The molecule has 0 aromatic heterocycles. The van der Waals surface area contributed by atoms with Gasteiger partial charge < -0.3 is 9.47 Å². The fourth-order valence-electron chi connectivity index (χ4n) is 5.25. The summed E-state index contributed by atoms with van der Waals surface area (Å²) in [4.78, 5) is 58.4. The minimum atomic E-state index is -1.19.